The van der Waals surface area contributed by atoms with Crippen molar-refractivity contribution in [2.24, 2.45) is 0 Å². The lowest BCUT2D eigenvalue weighted by molar-refractivity contribution is -0.139. The molecular formula is C33H33BrClN3O4S. The number of amides is 2. The van der Waals surface area contributed by atoms with Crippen molar-refractivity contribution in [2.75, 3.05) is 17.9 Å². The number of aryl methyl sites for hydroxylation is 2. The van der Waals surface area contributed by atoms with E-state index >= 15 is 0 Å². The van der Waals surface area contributed by atoms with Gasteiger partial charge in [0.15, 0.2) is 0 Å². The minimum atomic E-state index is -4.19. The number of likely N-dealkylation sites (N-methyl/N-ethyl adjacent to an activating group) is 1. The first kappa shape index (κ1) is 32.3. The summed E-state index contributed by atoms with van der Waals surface area (Å²) in [6.07, 6.45) is 0.241. The van der Waals surface area contributed by atoms with Gasteiger partial charge in [0.05, 0.1) is 10.6 Å². The molecular weight excluding hydrogens is 650 g/mol. The predicted octanol–water partition coefficient (Wildman–Crippen LogP) is 6.30. The molecule has 0 radical (unpaired) electrons. The number of hydrogen-bond donors (Lipinski definition) is 1. The summed E-state index contributed by atoms with van der Waals surface area (Å²) in [5.41, 5.74) is 3.45. The van der Waals surface area contributed by atoms with Crippen LogP contribution in [0.25, 0.3) is 0 Å². The Morgan fingerprint density at radius 2 is 1.56 bits per heavy atom. The van der Waals surface area contributed by atoms with E-state index in [0.717, 1.165) is 25.5 Å². The molecule has 0 heterocycles. The van der Waals surface area contributed by atoms with Crippen LogP contribution in [0.3, 0.4) is 0 Å². The maximum absolute atomic E-state index is 14.4. The summed E-state index contributed by atoms with van der Waals surface area (Å²) >= 11 is 9.69. The van der Waals surface area contributed by atoms with Crippen LogP contribution in [0, 0.1) is 13.8 Å². The fourth-order valence-corrected chi connectivity index (χ4v) is 6.95. The predicted molar refractivity (Wildman–Crippen MR) is 175 cm³/mol. The van der Waals surface area contributed by atoms with Crippen molar-refractivity contribution in [3.63, 3.8) is 0 Å². The Morgan fingerprint density at radius 3 is 2.19 bits per heavy atom. The van der Waals surface area contributed by atoms with Crippen molar-refractivity contribution in [1.82, 2.24) is 10.2 Å². The average molecular weight is 683 g/mol. The van der Waals surface area contributed by atoms with Gasteiger partial charge in [0.1, 0.15) is 12.6 Å². The first-order valence-corrected chi connectivity index (χ1v) is 16.3. The lowest BCUT2D eigenvalue weighted by Gasteiger charge is -2.34. The maximum Gasteiger partial charge on any atom is 0.264 e. The summed E-state index contributed by atoms with van der Waals surface area (Å²) in [5.74, 6) is -0.891. The van der Waals surface area contributed by atoms with Gasteiger partial charge in [-0.1, -0.05) is 87.7 Å². The number of anilines is 1. The lowest BCUT2D eigenvalue weighted by atomic mass is 10.0. The van der Waals surface area contributed by atoms with E-state index in [1.54, 1.807) is 37.3 Å². The number of benzene rings is 4. The average Bonchev–Trinajstić information content (AvgIpc) is 2.98. The van der Waals surface area contributed by atoms with Crippen LogP contribution in [0.2, 0.25) is 5.02 Å². The van der Waals surface area contributed by atoms with Crippen molar-refractivity contribution >= 4 is 55.1 Å². The van der Waals surface area contributed by atoms with Gasteiger partial charge < -0.3 is 10.2 Å². The number of nitrogens with one attached hydrogen (secondary N) is 1. The Kier molecular flexibility index (Phi) is 10.7. The second-order valence-corrected chi connectivity index (χ2v) is 13.4. The molecule has 1 N–H and O–H groups in total. The molecule has 4 rings (SSSR count). The summed E-state index contributed by atoms with van der Waals surface area (Å²) < 4.78 is 30.2. The van der Waals surface area contributed by atoms with Gasteiger partial charge in [0.25, 0.3) is 10.0 Å². The Hall–Kier alpha value is -3.66. The fourth-order valence-electron chi connectivity index (χ4n) is 4.80. The molecule has 7 nitrogen and oxygen atoms in total. The van der Waals surface area contributed by atoms with Crippen LogP contribution in [0.5, 0.6) is 0 Å². The topological polar surface area (TPSA) is 86.8 Å². The van der Waals surface area contributed by atoms with E-state index in [-0.39, 0.29) is 23.8 Å². The van der Waals surface area contributed by atoms with E-state index in [9.17, 15) is 18.0 Å². The van der Waals surface area contributed by atoms with Crippen molar-refractivity contribution in [3.8, 4) is 0 Å². The molecule has 0 aliphatic carbocycles. The molecule has 0 aromatic heterocycles. The molecule has 0 bridgehead atoms. The highest BCUT2D eigenvalue weighted by molar-refractivity contribution is 9.10. The SMILES string of the molecule is CNC(=O)[C@@H](Cc1ccccc1)N(Cc1cccc(Br)c1)C(=O)CN(c1ccc(Cl)cc1C)S(=O)(=O)c1ccc(C)cc1. The molecule has 0 aliphatic rings. The molecule has 10 heteroatoms. The van der Waals surface area contributed by atoms with Crippen LogP contribution in [0.4, 0.5) is 5.69 Å². The molecule has 0 unspecified atom stereocenters. The zero-order valence-electron chi connectivity index (χ0n) is 24.1. The summed E-state index contributed by atoms with van der Waals surface area (Å²) in [4.78, 5) is 29.2. The van der Waals surface area contributed by atoms with E-state index in [1.807, 2.05) is 61.5 Å². The first-order chi connectivity index (χ1) is 20.5. The van der Waals surface area contributed by atoms with Gasteiger partial charge in [0.2, 0.25) is 11.8 Å². The van der Waals surface area contributed by atoms with Crippen LogP contribution >= 0.6 is 27.5 Å². The van der Waals surface area contributed by atoms with Crippen molar-refractivity contribution < 1.29 is 18.0 Å². The second kappa shape index (κ2) is 14.2. The standard InChI is InChI=1S/C33H33BrClN3O4S/c1-23-12-15-29(16-13-23)43(41,42)38(30-17-14-28(35)18-24(30)2)22-32(39)37(21-26-10-7-11-27(34)19-26)31(33(40)36-3)20-25-8-5-4-6-9-25/h4-19,31H,20-22H2,1-3H3,(H,36,40)/t31-/m1/s1. The monoisotopic (exact) mass is 681 g/mol. The number of nitrogens with zero attached hydrogens (tertiary/aromatic N) is 2. The molecule has 224 valence electrons. The van der Waals surface area contributed by atoms with Gasteiger partial charge in [-0.25, -0.2) is 8.42 Å². The van der Waals surface area contributed by atoms with Gasteiger partial charge in [-0.05, 0) is 73.0 Å². The number of carbonyl (C=O) groups is 2. The lowest BCUT2D eigenvalue weighted by Crippen LogP contribution is -2.53. The number of halogens is 2. The third-order valence-corrected chi connectivity index (χ3v) is 9.58. The zero-order chi connectivity index (χ0) is 31.1. The molecule has 0 fully saturated rings. The van der Waals surface area contributed by atoms with E-state index in [0.29, 0.717) is 16.3 Å². The molecule has 43 heavy (non-hydrogen) atoms. The fraction of sp³-hybridized carbons (Fsp3) is 0.212. The Bertz CT molecular complexity index is 1700. The molecule has 0 saturated heterocycles. The van der Waals surface area contributed by atoms with Crippen molar-refractivity contribution in [3.05, 3.63) is 129 Å². The molecule has 1 atom stereocenters. The van der Waals surface area contributed by atoms with E-state index < -0.39 is 28.5 Å². The van der Waals surface area contributed by atoms with Crippen LogP contribution in [0.1, 0.15) is 22.3 Å². The number of rotatable bonds is 11. The van der Waals surface area contributed by atoms with E-state index in [1.165, 1.54) is 24.1 Å². The van der Waals surface area contributed by atoms with E-state index in [2.05, 4.69) is 21.2 Å². The Morgan fingerprint density at radius 1 is 0.884 bits per heavy atom. The molecule has 4 aromatic carbocycles. The summed E-state index contributed by atoms with van der Waals surface area (Å²) in [6, 6.07) is 27.2. The van der Waals surface area contributed by atoms with Crippen LogP contribution < -0.4 is 9.62 Å². The second-order valence-electron chi connectivity index (χ2n) is 10.2. The zero-order valence-corrected chi connectivity index (χ0v) is 27.3. The molecule has 2 amide bonds. The maximum atomic E-state index is 14.4. The van der Waals surface area contributed by atoms with Gasteiger partial charge >= 0.3 is 0 Å². The Balaban J connectivity index is 1.81. The van der Waals surface area contributed by atoms with Crippen LogP contribution in [0.15, 0.2) is 106 Å². The quantitative estimate of drug-likeness (QED) is 0.201. The smallest absolute Gasteiger partial charge is 0.264 e. The minimum absolute atomic E-state index is 0.0472. The normalized spacial score (nSPS) is 11.9. The van der Waals surface area contributed by atoms with Gasteiger partial charge in [-0.2, -0.15) is 0 Å². The number of hydrogen-bond acceptors (Lipinski definition) is 4. The highest BCUT2D eigenvalue weighted by Crippen LogP contribution is 2.30. The molecule has 0 saturated carbocycles. The van der Waals surface area contributed by atoms with Gasteiger partial charge in [0, 0.05) is 29.5 Å². The third-order valence-electron chi connectivity index (χ3n) is 7.07. The van der Waals surface area contributed by atoms with E-state index in [4.69, 9.17) is 11.6 Å². The summed E-state index contributed by atoms with van der Waals surface area (Å²) in [6.45, 7) is 3.16. The van der Waals surface area contributed by atoms with Crippen molar-refractivity contribution in [1.29, 1.82) is 0 Å². The molecule has 0 spiro atoms. The third kappa shape index (κ3) is 8.04. The highest BCUT2D eigenvalue weighted by Gasteiger charge is 2.34. The van der Waals surface area contributed by atoms with Crippen LogP contribution in [-0.2, 0) is 32.6 Å². The van der Waals surface area contributed by atoms with Gasteiger partial charge in [-0.3, -0.25) is 13.9 Å². The largest absolute Gasteiger partial charge is 0.357 e. The van der Waals surface area contributed by atoms with Crippen LogP contribution in [-0.4, -0.2) is 44.8 Å². The minimum Gasteiger partial charge on any atom is -0.357 e. The van der Waals surface area contributed by atoms with Crippen molar-refractivity contribution in [2.45, 2.75) is 37.8 Å². The van der Waals surface area contributed by atoms with Gasteiger partial charge in [-0.15, -0.1) is 0 Å². The first-order valence-electron chi connectivity index (χ1n) is 13.6. The molecule has 0 aliphatic heterocycles. The number of sulfonamides is 1. The number of carbonyl (C=O) groups excluding carboxylic acids is 2. The summed E-state index contributed by atoms with van der Waals surface area (Å²) in [5, 5.41) is 3.13. The highest BCUT2D eigenvalue weighted by atomic mass is 79.9. The summed E-state index contributed by atoms with van der Waals surface area (Å²) in [7, 11) is -2.67. The Labute approximate surface area is 266 Å². The molecule has 4 aromatic rings.